The van der Waals surface area contributed by atoms with Crippen molar-refractivity contribution in [3.05, 3.63) is 38.8 Å². The zero-order valence-electron chi connectivity index (χ0n) is 8.79. The van der Waals surface area contributed by atoms with Gasteiger partial charge in [0.25, 0.3) is 5.91 Å². The summed E-state index contributed by atoms with van der Waals surface area (Å²) in [5.41, 5.74) is 2.39. The third-order valence-corrected chi connectivity index (χ3v) is 2.93. The number of nitrogens with zero attached hydrogens (tertiary/aromatic N) is 1. The van der Waals surface area contributed by atoms with Crippen LogP contribution < -0.4 is 5.48 Å². The fourth-order valence-electron chi connectivity index (χ4n) is 1.63. The Balaban J connectivity index is 2.87. The fourth-order valence-corrected chi connectivity index (χ4v) is 2.21. The first-order valence-corrected chi connectivity index (χ1v) is 5.81. The Morgan fingerprint density at radius 1 is 1.47 bits per heavy atom. The smallest absolute Gasteiger partial charge is 0.275 e. The summed E-state index contributed by atoms with van der Waals surface area (Å²) in [6.07, 6.45) is 0. The number of carbonyl (C=O) groups is 1. The second-order valence-electron chi connectivity index (χ2n) is 3.54. The largest absolute Gasteiger partial charge is 0.288 e. The lowest BCUT2D eigenvalue weighted by Crippen LogP contribution is -2.19. The summed E-state index contributed by atoms with van der Waals surface area (Å²) in [4.78, 5) is 15.5. The van der Waals surface area contributed by atoms with Crippen LogP contribution in [-0.2, 0) is 0 Å². The lowest BCUT2D eigenvalue weighted by atomic mass is 10.1. The van der Waals surface area contributed by atoms with Gasteiger partial charge in [0.15, 0.2) is 5.82 Å². The number of hydroxylamine groups is 1. The third kappa shape index (κ3) is 2.22. The van der Waals surface area contributed by atoms with Crippen LogP contribution >= 0.6 is 22.6 Å². The van der Waals surface area contributed by atoms with Crippen LogP contribution in [0.4, 0.5) is 4.39 Å². The van der Waals surface area contributed by atoms with Gasteiger partial charge in [-0.2, -0.15) is 0 Å². The van der Waals surface area contributed by atoms with Gasteiger partial charge in [0.2, 0.25) is 0 Å². The molecular formula is C11H8FIN2O2. The van der Waals surface area contributed by atoms with E-state index < -0.39 is 11.7 Å². The van der Waals surface area contributed by atoms with E-state index in [4.69, 9.17) is 5.21 Å². The van der Waals surface area contributed by atoms with E-state index in [1.54, 1.807) is 18.5 Å². The summed E-state index contributed by atoms with van der Waals surface area (Å²) in [7, 11) is 0. The first-order valence-electron chi connectivity index (χ1n) is 4.73. The van der Waals surface area contributed by atoms with Crippen molar-refractivity contribution in [2.45, 2.75) is 6.92 Å². The number of aryl methyl sites for hydroxylation is 1. The van der Waals surface area contributed by atoms with Crippen LogP contribution in [0.15, 0.2) is 18.2 Å². The second kappa shape index (κ2) is 4.53. The molecule has 1 aromatic carbocycles. The highest BCUT2D eigenvalue weighted by Gasteiger charge is 2.14. The molecule has 0 bridgehead atoms. The van der Waals surface area contributed by atoms with E-state index in [2.05, 4.69) is 4.98 Å². The minimum atomic E-state index is -0.679. The quantitative estimate of drug-likeness (QED) is 0.474. The number of benzene rings is 1. The molecule has 1 heterocycles. The molecule has 0 unspecified atom stereocenters. The fraction of sp³-hybridized carbons (Fsp3) is 0.0909. The molecule has 4 nitrogen and oxygen atoms in total. The molecule has 17 heavy (non-hydrogen) atoms. The van der Waals surface area contributed by atoms with Crippen molar-refractivity contribution < 1.29 is 14.4 Å². The van der Waals surface area contributed by atoms with Gasteiger partial charge in [-0.15, -0.1) is 0 Å². The highest BCUT2D eigenvalue weighted by Crippen LogP contribution is 2.23. The molecule has 0 aliphatic rings. The molecule has 1 aromatic heterocycles. The molecule has 0 fully saturated rings. The van der Waals surface area contributed by atoms with Gasteiger partial charge in [-0.05, 0) is 47.7 Å². The summed E-state index contributed by atoms with van der Waals surface area (Å²) < 4.78 is 14.4. The predicted molar refractivity (Wildman–Crippen MR) is 68.4 cm³/mol. The maximum absolute atomic E-state index is 13.7. The van der Waals surface area contributed by atoms with Crippen molar-refractivity contribution in [1.29, 1.82) is 0 Å². The Hall–Kier alpha value is -1.28. The van der Waals surface area contributed by atoms with Crippen LogP contribution in [0.25, 0.3) is 10.9 Å². The van der Waals surface area contributed by atoms with Crippen molar-refractivity contribution in [2.24, 2.45) is 0 Å². The molecule has 88 valence electrons. The molecule has 1 amide bonds. The van der Waals surface area contributed by atoms with Gasteiger partial charge in [-0.1, -0.05) is 0 Å². The van der Waals surface area contributed by atoms with Crippen LogP contribution in [-0.4, -0.2) is 16.1 Å². The number of rotatable bonds is 1. The number of pyridine rings is 1. The third-order valence-electron chi connectivity index (χ3n) is 2.31. The van der Waals surface area contributed by atoms with Crippen LogP contribution in [0, 0.1) is 16.3 Å². The Morgan fingerprint density at radius 3 is 2.82 bits per heavy atom. The summed E-state index contributed by atoms with van der Waals surface area (Å²) in [6.45, 7) is 1.66. The number of fused-ring (bicyclic) bond motifs is 1. The summed E-state index contributed by atoms with van der Waals surface area (Å²) in [6, 6.07) is 4.50. The number of aromatic nitrogens is 1. The Kier molecular flexibility index (Phi) is 3.25. The molecule has 0 radical (unpaired) electrons. The molecule has 0 atom stereocenters. The molecule has 0 aliphatic heterocycles. The SMILES string of the molecule is Cc1cc(C(=O)NO)c2cc(I)cc(F)c2n1. The zero-order valence-corrected chi connectivity index (χ0v) is 10.9. The highest BCUT2D eigenvalue weighted by molar-refractivity contribution is 14.1. The Labute approximate surface area is 110 Å². The van der Waals surface area contributed by atoms with E-state index in [1.165, 1.54) is 12.1 Å². The number of carbonyl (C=O) groups excluding carboxylic acids is 1. The van der Waals surface area contributed by atoms with Gasteiger partial charge in [0.1, 0.15) is 5.52 Å². The van der Waals surface area contributed by atoms with Crippen LogP contribution in [0.5, 0.6) is 0 Å². The standard InChI is InChI=1S/C11H8FIN2O2/c1-5-2-8(11(16)15-17)7-3-6(13)4-9(12)10(7)14-5/h2-4,17H,1H3,(H,15,16). The highest BCUT2D eigenvalue weighted by atomic mass is 127. The van der Waals surface area contributed by atoms with Crippen molar-refractivity contribution in [2.75, 3.05) is 0 Å². The average Bonchev–Trinajstić information content (AvgIpc) is 2.28. The number of nitrogens with one attached hydrogen (secondary N) is 1. The normalized spacial score (nSPS) is 10.6. The number of hydrogen-bond donors (Lipinski definition) is 2. The Morgan fingerprint density at radius 2 is 2.18 bits per heavy atom. The lowest BCUT2D eigenvalue weighted by molar-refractivity contribution is 0.0708. The molecule has 6 heteroatoms. The molecule has 0 aliphatic carbocycles. The first kappa shape index (κ1) is 12.2. The molecular weight excluding hydrogens is 338 g/mol. The number of amides is 1. The molecule has 2 aromatic rings. The van der Waals surface area contributed by atoms with Gasteiger partial charge in [-0.3, -0.25) is 10.0 Å². The maximum Gasteiger partial charge on any atom is 0.275 e. The number of hydrogen-bond acceptors (Lipinski definition) is 3. The molecule has 2 N–H and O–H groups in total. The lowest BCUT2D eigenvalue weighted by Gasteiger charge is -2.07. The van der Waals surface area contributed by atoms with E-state index in [0.29, 0.717) is 14.7 Å². The van der Waals surface area contributed by atoms with E-state index in [9.17, 15) is 9.18 Å². The zero-order chi connectivity index (χ0) is 12.6. The van der Waals surface area contributed by atoms with E-state index in [1.807, 2.05) is 22.6 Å². The van der Waals surface area contributed by atoms with Crippen molar-refractivity contribution in [3.8, 4) is 0 Å². The van der Waals surface area contributed by atoms with Gasteiger partial charge in [0.05, 0.1) is 5.56 Å². The van der Waals surface area contributed by atoms with Crippen LogP contribution in [0.3, 0.4) is 0 Å². The second-order valence-corrected chi connectivity index (χ2v) is 4.78. The minimum Gasteiger partial charge on any atom is -0.288 e. The minimum absolute atomic E-state index is 0.129. The topological polar surface area (TPSA) is 62.2 Å². The van der Waals surface area contributed by atoms with Crippen molar-refractivity contribution in [1.82, 2.24) is 10.5 Å². The maximum atomic E-state index is 13.7. The average molecular weight is 346 g/mol. The van der Waals surface area contributed by atoms with Gasteiger partial charge in [-0.25, -0.2) is 14.9 Å². The predicted octanol–water partition coefficient (Wildman–Crippen LogP) is 2.41. The van der Waals surface area contributed by atoms with Gasteiger partial charge in [0, 0.05) is 14.7 Å². The molecule has 0 spiro atoms. The van der Waals surface area contributed by atoms with E-state index in [0.717, 1.165) is 0 Å². The van der Waals surface area contributed by atoms with E-state index >= 15 is 0 Å². The van der Waals surface area contributed by atoms with Crippen LogP contribution in [0.1, 0.15) is 16.1 Å². The summed E-state index contributed by atoms with van der Waals surface area (Å²) in [5, 5.41) is 9.04. The molecule has 0 saturated carbocycles. The van der Waals surface area contributed by atoms with Crippen LogP contribution in [0.2, 0.25) is 0 Å². The van der Waals surface area contributed by atoms with Crippen molar-refractivity contribution in [3.63, 3.8) is 0 Å². The van der Waals surface area contributed by atoms with Crippen molar-refractivity contribution >= 4 is 39.4 Å². The molecule has 2 rings (SSSR count). The van der Waals surface area contributed by atoms with Gasteiger partial charge >= 0.3 is 0 Å². The monoisotopic (exact) mass is 346 g/mol. The number of halogens is 2. The van der Waals surface area contributed by atoms with Gasteiger partial charge < -0.3 is 0 Å². The molecule has 0 saturated heterocycles. The first-order chi connectivity index (χ1) is 8.02. The summed E-state index contributed by atoms with van der Waals surface area (Å²) in [5.74, 6) is -1.16. The summed E-state index contributed by atoms with van der Waals surface area (Å²) >= 11 is 1.95. The van der Waals surface area contributed by atoms with E-state index in [-0.39, 0.29) is 11.1 Å². The Bertz CT molecular complexity index is 616.